The minimum Gasteiger partial charge on any atom is -0.378 e. The highest BCUT2D eigenvalue weighted by Gasteiger charge is 2.17. The van der Waals surface area contributed by atoms with Crippen molar-refractivity contribution >= 4 is 29.0 Å². The van der Waals surface area contributed by atoms with Gasteiger partial charge in [0.15, 0.2) is 0 Å². The number of aromatic nitrogens is 3. The fraction of sp³-hybridized carbons (Fsp3) is 0.211. The van der Waals surface area contributed by atoms with Crippen molar-refractivity contribution in [2.45, 2.75) is 30.8 Å². The Morgan fingerprint density at radius 1 is 1.12 bits per heavy atom. The van der Waals surface area contributed by atoms with Gasteiger partial charge in [-0.05, 0) is 38.1 Å². The van der Waals surface area contributed by atoms with Gasteiger partial charge in [-0.1, -0.05) is 47.7 Å². The standard InChI is InChI=1S/C19H21N5OS/c1-13-8-10-16(11-9-13)21-18(25)14(2)26-19-22-17(23-24-19)12-20-15-6-4-3-5-7-15/h3-11,14,20H,12H2,1-2H3,(H,21,25)(H,22,23,24)/t14-/m1/s1. The number of hydrogen-bond donors (Lipinski definition) is 3. The van der Waals surface area contributed by atoms with E-state index in [1.807, 2.05) is 68.4 Å². The zero-order valence-corrected chi connectivity index (χ0v) is 15.5. The zero-order valence-electron chi connectivity index (χ0n) is 14.7. The van der Waals surface area contributed by atoms with Crippen LogP contribution in [0.4, 0.5) is 11.4 Å². The van der Waals surface area contributed by atoms with Crippen molar-refractivity contribution < 1.29 is 4.79 Å². The number of H-pyrrole nitrogens is 1. The molecule has 26 heavy (non-hydrogen) atoms. The summed E-state index contributed by atoms with van der Waals surface area (Å²) in [6.07, 6.45) is 0. The minimum atomic E-state index is -0.304. The van der Waals surface area contributed by atoms with Crippen LogP contribution in [-0.4, -0.2) is 26.3 Å². The Bertz CT molecular complexity index is 848. The van der Waals surface area contributed by atoms with Gasteiger partial charge in [-0.25, -0.2) is 4.98 Å². The number of amides is 1. The van der Waals surface area contributed by atoms with Gasteiger partial charge in [-0.15, -0.1) is 5.10 Å². The Morgan fingerprint density at radius 3 is 2.58 bits per heavy atom. The van der Waals surface area contributed by atoms with Crippen LogP contribution in [0.2, 0.25) is 0 Å². The first-order valence-electron chi connectivity index (χ1n) is 8.34. The fourth-order valence-corrected chi connectivity index (χ4v) is 2.99. The lowest BCUT2D eigenvalue weighted by Gasteiger charge is -2.10. The van der Waals surface area contributed by atoms with E-state index in [1.54, 1.807) is 0 Å². The lowest BCUT2D eigenvalue weighted by atomic mass is 10.2. The van der Waals surface area contributed by atoms with Gasteiger partial charge in [-0.3, -0.25) is 9.89 Å². The van der Waals surface area contributed by atoms with Crippen molar-refractivity contribution in [1.82, 2.24) is 15.2 Å². The molecule has 0 bridgehead atoms. The molecule has 1 atom stereocenters. The van der Waals surface area contributed by atoms with E-state index in [2.05, 4.69) is 25.8 Å². The van der Waals surface area contributed by atoms with Gasteiger partial charge in [-0.2, -0.15) is 0 Å². The predicted molar refractivity (Wildman–Crippen MR) is 105 cm³/mol. The van der Waals surface area contributed by atoms with Crippen molar-refractivity contribution in [3.63, 3.8) is 0 Å². The Hall–Kier alpha value is -2.80. The largest absolute Gasteiger partial charge is 0.378 e. The van der Waals surface area contributed by atoms with Crippen LogP contribution in [0.15, 0.2) is 59.8 Å². The van der Waals surface area contributed by atoms with Crippen molar-refractivity contribution in [3.05, 3.63) is 66.0 Å². The van der Waals surface area contributed by atoms with Gasteiger partial charge < -0.3 is 10.6 Å². The molecule has 1 aromatic heterocycles. The number of carbonyl (C=O) groups is 1. The molecule has 3 N–H and O–H groups in total. The first kappa shape index (κ1) is 18.0. The van der Waals surface area contributed by atoms with E-state index in [9.17, 15) is 4.79 Å². The Labute approximate surface area is 156 Å². The topological polar surface area (TPSA) is 82.7 Å². The van der Waals surface area contributed by atoms with Crippen LogP contribution >= 0.6 is 11.8 Å². The SMILES string of the molecule is Cc1ccc(NC(=O)[C@@H](C)Sc2n[nH]c(CNc3ccccc3)n2)cc1. The number of para-hydroxylation sites is 1. The van der Waals surface area contributed by atoms with Gasteiger partial charge in [0.2, 0.25) is 11.1 Å². The van der Waals surface area contributed by atoms with E-state index in [4.69, 9.17) is 0 Å². The number of aromatic amines is 1. The summed E-state index contributed by atoms with van der Waals surface area (Å²) >= 11 is 1.32. The molecule has 0 fully saturated rings. The smallest absolute Gasteiger partial charge is 0.237 e. The second-order valence-electron chi connectivity index (χ2n) is 5.90. The second-order valence-corrected chi connectivity index (χ2v) is 7.21. The third kappa shape index (κ3) is 5.10. The third-order valence-electron chi connectivity index (χ3n) is 3.72. The fourth-order valence-electron chi connectivity index (χ4n) is 2.24. The first-order valence-corrected chi connectivity index (χ1v) is 9.22. The van der Waals surface area contributed by atoms with Crippen LogP contribution in [0.25, 0.3) is 0 Å². The molecule has 1 amide bonds. The summed E-state index contributed by atoms with van der Waals surface area (Å²) in [6.45, 7) is 4.39. The highest BCUT2D eigenvalue weighted by atomic mass is 32.2. The van der Waals surface area contributed by atoms with Crippen LogP contribution in [0.5, 0.6) is 0 Å². The summed E-state index contributed by atoms with van der Waals surface area (Å²) in [4.78, 5) is 16.7. The molecule has 0 saturated carbocycles. The van der Waals surface area contributed by atoms with Gasteiger partial charge in [0.1, 0.15) is 5.82 Å². The van der Waals surface area contributed by atoms with Crippen molar-refractivity contribution in [2.24, 2.45) is 0 Å². The molecule has 0 radical (unpaired) electrons. The zero-order chi connectivity index (χ0) is 18.4. The van der Waals surface area contributed by atoms with Gasteiger partial charge in [0.25, 0.3) is 0 Å². The predicted octanol–water partition coefficient (Wildman–Crippen LogP) is 3.84. The molecule has 0 saturated heterocycles. The summed E-state index contributed by atoms with van der Waals surface area (Å²) in [5, 5.41) is 13.5. The summed E-state index contributed by atoms with van der Waals surface area (Å²) in [5.74, 6) is 0.648. The van der Waals surface area contributed by atoms with E-state index in [-0.39, 0.29) is 11.2 Å². The van der Waals surface area contributed by atoms with Crippen molar-refractivity contribution in [3.8, 4) is 0 Å². The average Bonchev–Trinajstić information content (AvgIpc) is 3.10. The number of rotatable bonds is 7. The number of thioether (sulfide) groups is 1. The van der Waals surface area contributed by atoms with E-state index in [0.29, 0.717) is 11.7 Å². The van der Waals surface area contributed by atoms with Crippen LogP contribution < -0.4 is 10.6 Å². The highest BCUT2D eigenvalue weighted by Crippen LogP contribution is 2.21. The summed E-state index contributed by atoms with van der Waals surface area (Å²) in [7, 11) is 0. The second kappa shape index (κ2) is 8.53. The van der Waals surface area contributed by atoms with Crippen LogP contribution in [0, 0.1) is 6.92 Å². The van der Waals surface area contributed by atoms with Crippen LogP contribution in [-0.2, 0) is 11.3 Å². The maximum atomic E-state index is 12.3. The Morgan fingerprint density at radius 2 is 1.85 bits per heavy atom. The van der Waals surface area contributed by atoms with E-state index in [0.717, 1.165) is 22.8 Å². The molecule has 0 aliphatic rings. The molecular weight excluding hydrogens is 346 g/mol. The molecular formula is C19H21N5OS. The molecule has 0 unspecified atom stereocenters. The maximum Gasteiger partial charge on any atom is 0.237 e. The number of carbonyl (C=O) groups excluding carboxylic acids is 1. The molecule has 2 aromatic carbocycles. The van der Waals surface area contributed by atoms with Gasteiger partial charge in [0, 0.05) is 11.4 Å². The number of aryl methyl sites for hydroxylation is 1. The Balaban J connectivity index is 1.51. The molecule has 3 rings (SSSR count). The molecule has 0 aliphatic heterocycles. The van der Waals surface area contributed by atoms with Gasteiger partial charge in [0.05, 0.1) is 11.8 Å². The molecule has 7 heteroatoms. The maximum absolute atomic E-state index is 12.3. The average molecular weight is 367 g/mol. The first-order chi connectivity index (χ1) is 12.6. The number of anilines is 2. The molecule has 0 spiro atoms. The van der Waals surface area contributed by atoms with E-state index < -0.39 is 0 Å². The number of nitrogens with zero attached hydrogens (tertiary/aromatic N) is 2. The molecule has 1 heterocycles. The number of benzene rings is 2. The Kier molecular flexibility index (Phi) is 5.91. The summed E-state index contributed by atoms with van der Waals surface area (Å²) in [6, 6.07) is 17.6. The van der Waals surface area contributed by atoms with Gasteiger partial charge >= 0.3 is 0 Å². The van der Waals surface area contributed by atoms with Crippen LogP contribution in [0.3, 0.4) is 0 Å². The number of nitrogens with one attached hydrogen (secondary N) is 3. The molecule has 0 aliphatic carbocycles. The van der Waals surface area contributed by atoms with E-state index in [1.165, 1.54) is 11.8 Å². The minimum absolute atomic E-state index is 0.0763. The quantitative estimate of drug-likeness (QED) is 0.553. The van der Waals surface area contributed by atoms with E-state index >= 15 is 0 Å². The third-order valence-corrected chi connectivity index (χ3v) is 4.68. The summed E-state index contributed by atoms with van der Waals surface area (Å²) < 4.78 is 0. The van der Waals surface area contributed by atoms with Crippen molar-refractivity contribution in [2.75, 3.05) is 10.6 Å². The van der Waals surface area contributed by atoms with Crippen molar-refractivity contribution in [1.29, 1.82) is 0 Å². The normalized spacial score (nSPS) is 11.8. The monoisotopic (exact) mass is 367 g/mol. The molecule has 134 valence electrons. The number of hydrogen-bond acceptors (Lipinski definition) is 5. The lowest BCUT2D eigenvalue weighted by molar-refractivity contribution is -0.115. The molecule has 3 aromatic rings. The molecule has 6 nitrogen and oxygen atoms in total. The highest BCUT2D eigenvalue weighted by molar-refractivity contribution is 8.00. The van der Waals surface area contributed by atoms with Crippen LogP contribution in [0.1, 0.15) is 18.3 Å². The lowest BCUT2D eigenvalue weighted by Crippen LogP contribution is -2.22. The summed E-state index contributed by atoms with van der Waals surface area (Å²) in [5.41, 5.74) is 2.96.